The summed E-state index contributed by atoms with van der Waals surface area (Å²) in [6, 6.07) is 25.0. The largest absolute Gasteiger partial charge is 0.496 e. The van der Waals surface area contributed by atoms with Gasteiger partial charge >= 0.3 is 0 Å². The van der Waals surface area contributed by atoms with E-state index in [4.69, 9.17) is 9.47 Å². The van der Waals surface area contributed by atoms with Gasteiger partial charge in [-0.15, -0.1) is 0 Å². The number of nitrogens with zero attached hydrogens (tertiary/aromatic N) is 2. The Bertz CT molecular complexity index is 1440. The van der Waals surface area contributed by atoms with E-state index in [0.29, 0.717) is 37.7 Å². The van der Waals surface area contributed by atoms with Gasteiger partial charge in [0, 0.05) is 29.6 Å². The van der Waals surface area contributed by atoms with Gasteiger partial charge in [0.05, 0.1) is 20.3 Å². The van der Waals surface area contributed by atoms with Crippen LogP contribution < -0.4 is 14.8 Å². The van der Waals surface area contributed by atoms with Crippen LogP contribution in [0.25, 0.3) is 10.9 Å². The summed E-state index contributed by atoms with van der Waals surface area (Å²) in [4.78, 5) is 29.5. The van der Waals surface area contributed by atoms with Crippen LogP contribution in [0.15, 0.2) is 78.9 Å². The molecule has 7 heteroatoms. The highest BCUT2D eigenvalue weighted by molar-refractivity contribution is 6.03. The van der Waals surface area contributed by atoms with Crippen molar-refractivity contribution in [2.24, 2.45) is 0 Å². The summed E-state index contributed by atoms with van der Waals surface area (Å²) in [5, 5.41) is 4.05. The van der Waals surface area contributed by atoms with Crippen LogP contribution in [-0.2, 0) is 24.4 Å². The van der Waals surface area contributed by atoms with E-state index in [1.165, 1.54) is 0 Å². The molecule has 4 aromatic rings. The molecule has 1 aliphatic heterocycles. The zero-order valence-electron chi connectivity index (χ0n) is 21.4. The van der Waals surface area contributed by atoms with Crippen LogP contribution in [0, 0.1) is 0 Å². The number of para-hydroxylation sites is 2. The number of fused-ring (bicyclic) bond motifs is 3. The van der Waals surface area contributed by atoms with Gasteiger partial charge in [-0.1, -0.05) is 48.5 Å². The Labute approximate surface area is 216 Å². The number of aromatic nitrogens is 1. The molecule has 2 amide bonds. The molecule has 5 rings (SSSR count). The number of carbonyl (C=O) groups is 2. The minimum absolute atomic E-state index is 0.175. The van der Waals surface area contributed by atoms with Crippen molar-refractivity contribution in [1.29, 1.82) is 0 Å². The van der Waals surface area contributed by atoms with E-state index in [1.807, 2.05) is 97.3 Å². The molecule has 2 heterocycles. The lowest BCUT2D eigenvalue weighted by atomic mass is 9.93. The molecule has 1 aliphatic rings. The summed E-state index contributed by atoms with van der Waals surface area (Å²) in [5.41, 5.74) is 2.20. The lowest BCUT2D eigenvalue weighted by Crippen LogP contribution is -2.63. The fraction of sp³-hybridized carbons (Fsp3) is 0.267. The second-order valence-corrected chi connectivity index (χ2v) is 9.41. The van der Waals surface area contributed by atoms with Crippen LogP contribution >= 0.6 is 0 Å². The molecule has 37 heavy (non-hydrogen) atoms. The number of methoxy groups -OCH3 is 1. The highest BCUT2D eigenvalue weighted by Gasteiger charge is 2.47. The molecule has 0 bridgehead atoms. The van der Waals surface area contributed by atoms with E-state index in [0.717, 1.165) is 27.8 Å². The average Bonchev–Trinajstić information content (AvgIpc) is 3.29. The van der Waals surface area contributed by atoms with Gasteiger partial charge < -0.3 is 24.3 Å². The Hall–Kier alpha value is -4.26. The van der Waals surface area contributed by atoms with Crippen LogP contribution in [0.3, 0.4) is 0 Å². The number of carbonyl (C=O) groups excluding carboxylic acids is 2. The van der Waals surface area contributed by atoms with Gasteiger partial charge in [-0.3, -0.25) is 9.59 Å². The molecule has 0 radical (unpaired) electrons. The molecule has 0 saturated carbocycles. The van der Waals surface area contributed by atoms with Gasteiger partial charge in [0.15, 0.2) is 0 Å². The van der Waals surface area contributed by atoms with Crippen molar-refractivity contribution in [3.8, 4) is 11.5 Å². The van der Waals surface area contributed by atoms with Gasteiger partial charge in [-0.2, -0.15) is 0 Å². The zero-order valence-corrected chi connectivity index (χ0v) is 21.4. The van der Waals surface area contributed by atoms with Gasteiger partial charge in [0.2, 0.25) is 5.91 Å². The fourth-order valence-corrected chi connectivity index (χ4v) is 5.01. The molecular formula is C30H31N3O4. The van der Waals surface area contributed by atoms with Crippen LogP contribution in [-0.4, -0.2) is 40.5 Å². The van der Waals surface area contributed by atoms with Crippen molar-refractivity contribution in [3.05, 3.63) is 95.7 Å². The summed E-state index contributed by atoms with van der Waals surface area (Å²) in [7, 11) is 1.61. The van der Waals surface area contributed by atoms with Gasteiger partial charge in [-0.25, -0.2) is 0 Å². The molecule has 0 spiro atoms. The molecule has 7 nitrogen and oxygen atoms in total. The van der Waals surface area contributed by atoms with Gasteiger partial charge in [0.1, 0.15) is 22.7 Å². The molecule has 1 aromatic heterocycles. The Morgan fingerprint density at radius 3 is 2.51 bits per heavy atom. The number of ether oxygens (including phenoxy) is 2. The summed E-state index contributed by atoms with van der Waals surface area (Å²) in [6.07, 6.45) is 0. The van der Waals surface area contributed by atoms with Crippen molar-refractivity contribution >= 4 is 22.7 Å². The standard InChI is InChI=1S/C30H31N3O4/c1-4-37-24-15-13-21(14-16-24)19-33-28(34)26-17-22-9-5-7-11-25(22)32(26)20-30(33,2)29(35)31-18-23-10-6-8-12-27(23)36-3/h5-17H,4,18-20H2,1-3H3,(H,31,35). The highest BCUT2D eigenvalue weighted by atomic mass is 16.5. The van der Waals surface area contributed by atoms with Crippen LogP contribution in [0.4, 0.5) is 0 Å². The third kappa shape index (κ3) is 4.53. The maximum Gasteiger partial charge on any atom is 0.271 e. The number of hydrogen-bond donors (Lipinski definition) is 1. The first kappa shape index (κ1) is 24.4. The number of amides is 2. The molecule has 0 aliphatic carbocycles. The third-order valence-electron chi connectivity index (χ3n) is 7.03. The molecule has 3 aromatic carbocycles. The quantitative estimate of drug-likeness (QED) is 0.380. The molecule has 0 fully saturated rings. The van der Waals surface area contributed by atoms with E-state index in [1.54, 1.807) is 12.0 Å². The van der Waals surface area contributed by atoms with Crippen LogP contribution in [0.2, 0.25) is 0 Å². The van der Waals surface area contributed by atoms with E-state index in [9.17, 15) is 9.59 Å². The molecule has 190 valence electrons. The molecule has 1 atom stereocenters. The van der Waals surface area contributed by atoms with Gasteiger partial charge in [0.25, 0.3) is 5.91 Å². The molecule has 1 N–H and O–H groups in total. The summed E-state index contributed by atoms with van der Waals surface area (Å²) >= 11 is 0. The highest BCUT2D eigenvalue weighted by Crippen LogP contribution is 2.34. The zero-order chi connectivity index (χ0) is 26.0. The summed E-state index contributed by atoms with van der Waals surface area (Å²) < 4.78 is 13.0. The minimum Gasteiger partial charge on any atom is -0.496 e. The lowest BCUT2D eigenvalue weighted by Gasteiger charge is -2.44. The summed E-state index contributed by atoms with van der Waals surface area (Å²) in [5.74, 6) is 1.08. The van der Waals surface area contributed by atoms with E-state index < -0.39 is 5.54 Å². The summed E-state index contributed by atoms with van der Waals surface area (Å²) in [6.45, 7) is 5.30. The average molecular weight is 498 g/mol. The second-order valence-electron chi connectivity index (χ2n) is 9.41. The second kappa shape index (κ2) is 10.0. The van der Waals surface area contributed by atoms with E-state index in [-0.39, 0.29) is 11.8 Å². The molecule has 0 saturated heterocycles. The van der Waals surface area contributed by atoms with Crippen molar-refractivity contribution in [2.45, 2.75) is 39.0 Å². The smallest absolute Gasteiger partial charge is 0.271 e. The molecule has 1 unspecified atom stereocenters. The first-order valence-corrected chi connectivity index (χ1v) is 12.5. The predicted molar refractivity (Wildman–Crippen MR) is 143 cm³/mol. The fourth-order valence-electron chi connectivity index (χ4n) is 5.01. The van der Waals surface area contributed by atoms with Gasteiger partial charge in [-0.05, 0) is 49.7 Å². The maximum absolute atomic E-state index is 13.9. The van der Waals surface area contributed by atoms with Crippen LogP contribution in [0.5, 0.6) is 11.5 Å². The Morgan fingerprint density at radius 1 is 1.03 bits per heavy atom. The minimum atomic E-state index is -1.12. The Kier molecular flexibility index (Phi) is 6.61. The van der Waals surface area contributed by atoms with Crippen molar-refractivity contribution in [3.63, 3.8) is 0 Å². The number of rotatable bonds is 8. The number of hydrogen-bond acceptors (Lipinski definition) is 4. The normalized spacial score (nSPS) is 16.9. The SMILES string of the molecule is CCOc1ccc(CN2C(=O)c3cc4ccccc4n3CC2(C)C(=O)NCc2ccccc2OC)cc1. The first-order valence-electron chi connectivity index (χ1n) is 12.5. The first-order chi connectivity index (χ1) is 17.9. The topological polar surface area (TPSA) is 72.8 Å². The maximum atomic E-state index is 13.9. The molecular weight excluding hydrogens is 466 g/mol. The Morgan fingerprint density at radius 2 is 1.76 bits per heavy atom. The van der Waals surface area contributed by atoms with E-state index in [2.05, 4.69) is 5.32 Å². The van der Waals surface area contributed by atoms with Crippen LogP contribution in [0.1, 0.15) is 35.5 Å². The Balaban J connectivity index is 1.49. The number of nitrogens with one attached hydrogen (secondary N) is 1. The van der Waals surface area contributed by atoms with Crippen molar-refractivity contribution < 1.29 is 19.1 Å². The third-order valence-corrected chi connectivity index (χ3v) is 7.03. The van der Waals surface area contributed by atoms with Crippen molar-refractivity contribution in [1.82, 2.24) is 14.8 Å². The lowest BCUT2D eigenvalue weighted by molar-refractivity contribution is -0.133. The monoisotopic (exact) mass is 497 g/mol. The van der Waals surface area contributed by atoms with Crippen molar-refractivity contribution in [2.75, 3.05) is 13.7 Å². The van der Waals surface area contributed by atoms with E-state index >= 15 is 0 Å². The predicted octanol–water partition coefficient (Wildman–Crippen LogP) is 4.78. The number of benzene rings is 3.